The summed E-state index contributed by atoms with van der Waals surface area (Å²) in [7, 11) is 0. The van der Waals surface area contributed by atoms with Crippen LogP contribution in [0.2, 0.25) is 0 Å². The van der Waals surface area contributed by atoms with E-state index in [0.29, 0.717) is 0 Å². The second-order valence-electron chi connectivity index (χ2n) is 5.39. The molecule has 0 aliphatic carbocycles. The highest BCUT2D eigenvalue weighted by Crippen LogP contribution is 2.22. The topological polar surface area (TPSA) is 69.6 Å². The third kappa shape index (κ3) is 4.54. The Bertz CT molecular complexity index is 548. The number of piperidine rings is 1. The van der Waals surface area contributed by atoms with E-state index < -0.39 is 5.97 Å². The molecule has 0 saturated carbocycles. The van der Waals surface area contributed by atoms with E-state index in [1.807, 2.05) is 6.07 Å². The van der Waals surface area contributed by atoms with Crippen molar-refractivity contribution >= 4 is 27.8 Å². The predicted molar refractivity (Wildman–Crippen MR) is 83.2 cm³/mol. The molecule has 1 amide bonds. The lowest BCUT2D eigenvalue weighted by Crippen LogP contribution is -2.46. The number of benzene rings is 1. The summed E-state index contributed by atoms with van der Waals surface area (Å²) in [5.74, 6) is -0.917. The first-order valence-corrected chi connectivity index (χ1v) is 7.76. The molecule has 2 rings (SSSR count). The molecule has 0 bridgehead atoms. The number of hydrogen-bond donors (Lipinski definition) is 2. The number of carboxylic acids is 1. The zero-order valence-electron chi connectivity index (χ0n) is 11.9. The minimum absolute atomic E-state index is 0.00819. The van der Waals surface area contributed by atoms with Crippen LogP contribution in [0.1, 0.15) is 35.7 Å². The standard InChI is InChI=1S/C15H19BrN2O3/c1-10(19)17-13-3-2-6-18(9-13)8-12-5-4-11(15(20)21)7-14(12)16/h4-5,7,13H,2-3,6,8-9H2,1H3,(H,17,19)(H,20,21). The summed E-state index contributed by atoms with van der Waals surface area (Å²) in [5, 5.41) is 11.9. The van der Waals surface area contributed by atoms with E-state index in [1.54, 1.807) is 19.1 Å². The highest BCUT2D eigenvalue weighted by atomic mass is 79.9. The molecule has 0 spiro atoms. The lowest BCUT2D eigenvalue weighted by Gasteiger charge is -2.33. The molecule has 1 unspecified atom stereocenters. The van der Waals surface area contributed by atoms with Crippen molar-refractivity contribution in [3.8, 4) is 0 Å². The molecular weight excluding hydrogens is 336 g/mol. The smallest absolute Gasteiger partial charge is 0.335 e. The van der Waals surface area contributed by atoms with Crippen LogP contribution in [-0.2, 0) is 11.3 Å². The van der Waals surface area contributed by atoms with Gasteiger partial charge in [0, 0.05) is 30.5 Å². The van der Waals surface area contributed by atoms with Gasteiger partial charge >= 0.3 is 5.97 Å². The van der Waals surface area contributed by atoms with Crippen LogP contribution in [0.3, 0.4) is 0 Å². The van der Waals surface area contributed by atoms with Crippen LogP contribution in [-0.4, -0.2) is 41.0 Å². The quantitative estimate of drug-likeness (QED) is 0.869. The second kappa shape index (κ2) is 7.04. The molecule has 0 radical (unpaired) electrons. The molecule has 0 aromatic heterocycles. The van der Waals surface area contributed by atoms with Gasteiger partial charge in [-0.3, -0.25) is 9.69 Å². The van der Waals surface area contributed by atoms with Crippen molar-refractivity contribution in [2.75, 3.05) is 13.1 Å². The first-order valence-electron chi connectivity index (χ1n) is 6.97. The fourth-order valence-corrected chi connectivity index (χ4v) is 3.16. The van der Waals surface area contributed by atoms with E-state index in [-0.39, 0.29) is 17.5 Å². The molecule has 6 heteroatoms. The van der Waals surface area contributed by atoms with Crippen molar-refractivity contribution in [3.63, 3.8) is 0 Å². The van der Waals surface area contributed by atoms with Crippen molar-refractivity contribution in [1.29, 1.82) is 0 Å². The van der Waals surface area contributed by atoms with E-state index in [2.05, 4.69) is 26.1 Å². The number of likely N-dealkylation sites (tertiary alicyclic amines) is 1. The molecule has 1 aliphatic rings. The molecule has 1 fully saturated rings. The Labute approximate surface area is 132 Å². The Balaban J connectivity index is 2.01. The van der Waals surface area contributed by atoms with E-state index in [0.717, 1.165) is 42.5 Å². The van der Waals surface area contributed by atoms with Crippen molar-refractivity contribution < 1.29 is 14.7 Å². The van der Waals surface area contributed by atoms with Gasteiger partial charge in [-0.05, 0) is 37.1 Å². The minimum Gasteiger partial charge on any atom is -0.478 e. The summed E-state index contributed by atoms with van der Waals surface area (Å²) in [6.45, 7) is 4.10. The summed E-state index contributed by atoms with van der Waals surface area (Å²) in [5.41, 5.74) is 1.34. The maximum absolute atomic E-state index is 11.1. The molecule has 1 atom stereocenters. The van der Waals surface area contributed by atoms with E-state index in [4.69, 9.17) is 5.11 Å². The molecule has 1 heterocycles. The Hall–Kier alpha value is -1.40. The van der Waals surface area contributed by atoms with Crippen LogP contribution in [0.5, 0.6) is 0 Å². The molecule has 1 aliphatic heterocycles. The van der Waals surface area contributed by atoms with Crippen LogP contribution in [0, 0.1) is 0 Å². The molecule has 1 aromatic carbocycles. The van der Waals surface area contributed by atoms with Gasteiger partial charge in [-0.1, -0.05) is 22.0 Å². The first-order chi connectivity index (χ1) is 9.95. The minimum atomic E-state index is -0.925. The van der Waals surface area contributed by atoms with Gasteiger partial charge in [-0.25, -0.2) is 4.79 Å². The summed E-state index contributed by atoms with van der Waals surface area (Å²) < 4.78 is 0.809. The van der Waals surface area contributed by atoms with Gasteiger partial charge in [-0.15, -0.1) is 0 Å². The number of nitrogens with one attached hydrogen (secondary N) is 1. The Morgan fingerprint density at radius 2 is 2.24 bits per heavy atom. The molecule has 1 aromatic rings. The number of rotatable bonds is 4. The normalized spacial score (nSPS) is 19.2. The van der Waals surface area contributed by atoms with Crippen LogP contribution >= 0.6 is 15.9 Å². The predicted octanol–water partition coefficient (Wildman–Crippen LogP) is 2.25. The Kier molecular flexibility index (Phi) is 5.36. The molecule has 5 nitrogen and oxygen atoms in total. The third-order valence-corrected chi connectivity index (χ3v) is 4.35. The van der Waals surface area contributed by atoms with Crippen LogP contribution in [0.15, 0.2) is 22.7 Å². The van der Waals surface area contributed by atoms with Crippen LogP contribution in [0.25, 0.3) is 0 Å². The van der Waals surface area contributed by atoms with E-state index in [9.17, 15) is 9.59 Å². The monoisotopic (exact) mass is 354 g/mol. The van der Waals surface area contributed by atoms with Gasteiger partial charge in [0.2, 0.25) is 5.91 Å². The van der Waals surface area contributed by atoms with Gasteiger partial charge < -0.3 is 10.4 Å². The number of carbonyl (C=O) groups excluding carboxylic acids is 1. The van der Waals surface area contributed by atoms with E-state index >= 15 is 0 Å². The molecular formula is C15H19BrN2O3. The van der Waals surface area contributed by atoms with Gasteiger partial charge in [0.15, 0.2) is 0 Å². The second-order valence-corrected chi connectivity index (χ2v) is 6.24. The maximum atomic E-state index is 11.1. The number of carbonyl (C=O) groups is 2. The average molecular weight is 355 g/mol. The van der Waals surface area contributed by atoms with E-state index in [1.165, 1.54) is 0 Å². The van der Waals surface area contributed by atoms with Gasteiger partial charge in [0.05, 0.1) is 5.56 Å². The maximum Gasteiger partial charge on any atom is 0.335 e. The molecule has 114 valence electrons. The van der Waals surface area contributed by atoms with Crippen LogP contribution in [0.4, 0.5) is 0 Å². The number of aromatic carboxylic acids is 1. The largest absolute Gasteiger partial charge is 0.478 e. The highest BCUT2D eigenvalue weighted by molar-refractivity contribution is 9.10. The average Bonchev–Trinajstić information content (AvgIpc) is 2.40. The lowest BCUT2D eigenvalue weighted by molar-refractivity contribution is -0.120. The Morgan fingerprint density at radius 3 is 2.86 bits per heavy atom. The van der Waals surface area contributed by atoms with Crippen molar-refractivity contribution in [3.05, 3.63) is 33.8 Å². The summed E-state index contributed by atoms with van der Waals surface area (Å²) in [4.78, 5) is 24.4. The van der Waals surface area contributed by atoms with Gasteiger partial charge in [-0.2, -0.15) is 0 Å². The number of halogens is 1. The number of hydrogen-bond acceptors (Lipinski definition) is 3. The Morgan fingerprint density at radius 1 is 1.48 bits per heavy atom. The summed E-state index contributed by atoms with van der Waals surface area (Å²) in [6, 6.07) is 5.30. The molecule has 1 saturated heterocycles. The SMILES string of the molecule is CC(=O)NC1CCCN(Cc2ccc(C(=O)O)cc2Br)C1. The fourth-order valence-electron chi connectivity index (χ4n) is 2.65. The lowest BCUT2D eigenvalue weighted by atomic mass is 10.0. The zero-order valence-corrected chi connectivity index (χ0v) is 13.5. The first kappa shape index (κ1) is 16.0. The molecule has 2 N–H and O–H groups in total. The molecule has 21 heavy (non-hydrogen) atoms. The van der Waals surface area contributed by atoms with Crippen molar-refractivity contribution in [2.24, 2.45) is 0 Å². The summed E-state index contributed by atoms with van der Waals surface area (Å²) >= 11 is 3.44. The van der Waals surface area contributed by atoms with Crippen molar-refractivity contribution in [2.45, 2.75) is 32.4 Å². The zero-order chi connectivity index (χ0) is 15.4. The number of carboxylic acid groups (broad SMARTS) is 1. The van der Waals surface area contributed by atoms with Crippen LogP contribution < -0.4 is 5.32 Å². The van der Waals surface area contributed by atoms with Gasteiger partial charge in [0.1, 0.15) is 0 Å². The highest BCUT2D eigenvalue weighted by Gasteiger charge is 2.21. The summed E-state index contributed by atoms with van der Waals surface area (Å²) in [6.07, 6.45) is 2.06. The number of amides is 1. The number of nitrogens with zero attached hydrogens (tertiary/aromatic N) is 1. The van der Waals surface area contributed by atoms with Crippen molar-refractivity contribution in [1.82, 2.24) is 10.2 Å². The fraction of sp³-hybridized carbons (Fsp3) is 0.467. The third-order valence-electron chi connectivity index (χ3n) is 3.61. The van der Waals surface area contributed by atoms with Gasteiger partial charge in [0.25, 0.3) is 0 Å².